The first-order valence-electron chi connectivity index (χ1n) is 8.34. The van der Waals surface area contributed by atoms with Crippen LogP contribution in [-0.4, -0.2) is 30.6 Å². The van der Waals surface area contributed by atoms with Crippen LogP contribution >= 0.6 is 0 Å². The van der Waals surface area contributed by atoms with E-state index in [1.165, 1.54) is 0 Å². The monoisotopic (exact) mass is 346 g/mol. The van der Waals surface area contributed by atoms with E-state index < -0.39 is 6.04 Å². The molecular formula is C19H18N6O. The topological polar surface area (TPSA) is 88.5 Å². The maximum absolute atomic E-state index is 12.7. The number of hydrogen-bond acceptors (Lipinski definition) is 4. The molecule has 4 rings (SSSR count). The summed E-state index contributed by atoms with van der Waals surface area (Å²) in [5.74, 6) is 1.23. The zero-order valence-corrected chi connectivity index (χ0v) is 14.5. The van der Waals surface area contributed by atoms with Crippen molar-refractivity contribution in [3.63, 3.8) is 0 Å². The van der Waals surface area contributed by atoms with E-state index in [9.17, 15) is 4.79 Å². The standard InChI is InChI=1S/C19H18N6O/c1-12(25-11-20-16-8-3-4-9-17(16)25)19(26)22-15-7-5-6-14(10-15)18-21-13(2)23-24-18/h3-12H,1-2H3,(H,22,26)(H,21,23,24). The number of aromatic amines is 1. The molecule has 26 heavy (non-hydrogen) atoms. The van der Waals surface area contributed by atoms with Gasteiger partial charge in [0.05, 0.1) is 17.4 Å². The number of carbonyl (C=O) groups is 1. The van der Waals surface area contributed by atoms with Gasteiger partial charge in [-0.25, -0.2) is 9.97 Å². The van der Waals surface area contributed by atoms with Crippen molar-refractivity contribution in [3.8, 4) is 11.4 Å². The third-order valence-corrected chi connectivity index (χ3v) is 4.26. The van der Waals surface area contributed by atoms with Crippen LogP contribution in [0.3, 0.4) is 0 Å². The van der Waals surface area contributed by atoms with E-state index in [0.29, 0.717) is 11.5 Å². The van der Waals surface area contributed by atoms with E-state index in [1.54, 1.807) is 6.33 Å². The molecule has 2 aromatic heterocycles. The van der Waals surface area contributed by atoms with Crippen LogP contribution in [-0.2, 0) is 4.79 Å². The van der Waals surface area contributed by atoms with Crippen molar-refractivity contribution in [3.05, 3.63) is 60.7 Å². The summed E-state index contributed by atoms with van der Waals surface area (Å²) in [6, 6.07) is 14.8. The lowest BCUT2D eigenvalue weighted by Crippen LogP contribution is -2.23. The Morgan fingerprint density at radius 1 is 1.19 bits per heavy atom. The van der Waals surface area contributed by atoms with E-state index in [-0.39, 0.29) is 5.91 Å². The molecule has 1 atom stereocenters. The van der Waals surface area contributed by atoms with E-state index in [4.69, 9.17) is 0 Å². The average molecular weight is 346 g/mol. The Kier molecular flexibility index (Phi) is 3.96. The number of para-hydroxylation sites is 2. The SMILES string of the molecule is Cc1nc(-c2cccc(NC(=O)C(C)n3cnc4ccccc43)c2)n[nH]1. The Balaban J connectivity index is 1.56. The molecule has 7 nitrogen and oxygen atoms in total. The van der Waals surface area contributed by atoms with Crippen LogP contribution in [0.5, 0.6) is 0 Å². The van der Waals surface area contributed by atoms with Crippen molar-refractivity contribution in [2.75, 3.05) is 5.32 Å². The zero-order chi connectivity index (χ0) is 18.1. The third kappa shape index (κ3) is 2.95. The smallest absolute Gasteiger partial charge is 0.247 e. The molecule has 2 heterocycles. The molecule has 0 saturated heterocycles. The highest BCUT2D eigenvalue weighted by Gasteiger charge is 2.17. The predicted molar refractivity (Wildman–Crippen MR) is 99.6 cm³/mol. The van der Waals surface area contributed by atoms with Gasteiger partial charge in [0.25, 0.3) is 0 Å². The van der Waals surface area contributed by atoms with Gasteiger partial charge in [0.15, 0.2) is 5.82 Å². The molecule has 0 aliphatic heterocycles. The molecule has 2 aromatic carbocycles. The van der Waals surface area contributed by atoms with Crippen LogP contribution in [0.2, 0.25) is 0 Å². The van der Waals surface area contributed by atoms with E-state index in [0.717, 1.165) is 22.4 Å². The molecule has 0 aliphatic rings. The summed E-state index contributed by atoms with van der Waals surface area (Å²) in [5.41, 5.74) is 3.34. The van der Waals surface area contributed by atoms with E-state index in [2.05, 4.69) is 25.5 Å². The van der Waals surface area contributed by atoms with Gasteiger partial charge in [-0.05, 0) is 38.1 Å². The lowest BCUT2D eigenvalue weighted by molar-refractivity contribution is -0.118. The fourth-order valence-electron chi connectivity index (χ4n) is 2.87. The van der Waals surface area contributed by atoms with Gasteiger partial charge >= 0.3 is 0 Å². The Labute approximate surface area is 150 Å². The second-order valence-corrected chi connectivity index (χ2v) is 6.13. The number of H-pyrrole nitrogens is 1. The van der Waals surface area contributed by atoms with Crippen LogP contribution in [0.15, 0.2) is 54.9 Å². The number of carbonyl (C=O) groups excluding carboxylic acids is 1. The first kappa shape index (κ1) is 16.0. The normalized spacial score (nSPS) is 12.2. The second kappa shape index (κ2) is 6.44. The molecule has 2 N–H and O–H groups in total. The molecular weight excluding hydrogens is 328 g/mol. The van der Waals surface area contributed by atoms with Gasteiger partial charge in [0, 0.05) is 11.3 Å². The summed E-state index contributed by atoms with van der Waals surface area (Å²) < 4.78 is 1.87. The van der Waals surface area contributed by atoms with Crippen molar-refractivity contribution in [1.82, 2.24) is 24.7 Å². The van der Waals surface area contributed by atoms with Crippen molar-refractivity contribution in [2.45, 2.75) is 19.9 Å². The van der Waals surface area contributed by atoms with Crippen molar-refractivity contribution < 1.29 is 4.79 Å². The lowest BCUT2D eigenvalue weighted by Gasteiger charge is -2.15. The lowest BCUT2D eigenvalue weighted by atomic mass is 10.2. The number of amides is 1. The van der Waals surface area contributed by atoms with Gasteiger partial charge < -0.3 is 9.88 Å². The first-order valence-corrected chi connectivity index (χ1v) is 8.34. The molecule has 1 amide bonds. The Morgan fingerprint density at radius 2 is 2.04 bits per heavy atom. The summed E-state index contributed by atoms with van der Waals surface area (Å²) in [4.78, 5) is 21.4. The molecule has 0 fully saturated rings. The summed E-state index contributed by atoms with van der Waals surface area (Å²) in [5, 5.41) is 9.94. The number of aryl methyl sites for hydroxylation is 1. The highest BCUT2D eigenvalue weighted by molar-refractivity contribution is 5.95. The fraction of sp³-hybridized carbons (Fsp3) is 0.158. The largest absolute Gasteiger partial charge is 0.324 e. The number of benzene rings is 2. The first-order chi connectivity index (χ1) is 12.6. The van der Waals surface area contributed by atoms with Gasteiger partial charge in [-0.1, -0.05) is 24.3 Å². The Bertz CT molecular complexity index is 1080. The average Bonchev–Trinajstić information content (AvgIpc) is 3.27. The van der Waals surface area contributed by atoms with Gasteiger partial charge in [0.2, 0.25) is 5.91 Å². The highest BCUT2D eigenvalue weighted by atomic mass is 16.2. The zero-order valence-electron chi connectivity index (χ0n) is 14.5. The van der Waals surface area contributed by atoms with Crippen LogP contribution in [0.4, 0.5) is 5.69 Å². The summed E-state index contributed by atoms with van der Waals surface area (Å²) in [6.07, 6.45) is 1.70. The number of aromatic nitrogens is 5. The molecule has 130 valence electrons. The van der Waals surface area contributed by atoms with Crippen LogP contribution < -0.4 is 5.32 Å². The molecule has 0 spiro atoms. The summed E-state index contributed by atoms with van der Waals surface area (Å²) >= 11 is 0. The minimum Gasteiger partial charge on any atom is -0.324 e. The number of imidazole rings is 1. The number of hydrogen-bond donors (Lipinski definition) is 2. The summed E-state index contributed by atoms with van der Waals surface area (Å²) in [7, 11) is 0. The number of anilines is 1. The molecule has 1 unspecified atom stereocenters. The molecule has 7 heteroatoms. The van der Waals surface area contributed by atoms with Crippen molar-refractivity contribution >= 4 is 22.6 Å². The Morgan fingerprint density at radius 3 is 2.85 bits per heavy atom. The second-order valence-electron chi connectivity index (χ2n) is 6.13. The molecule has 0 saturated carbocycles. The van der Waals surface area contributed by atoms with Gasteiger partial charge in [-0.3, -0.25) is 9.89 Å². The third-order valence-electron chi connectivity index (χ3n) is 4.26. The molecule has 0 radical (unpaired) electrons. The van der Waals surface area contributed by atoms with Gasteiger partial charge in [-0.15, -0.1) is 0 Å². The highest BCUT2D eigenvalue weighted by Crippen LogP contribution is 2.22. The van der Waals surface area contributed by atoms with Gasteiger partial charge in [0.1, 0.15) is 11.9 Å². The van der Waals surface area contributed by atoms with Crippen molar-refractivity contribution in [1.29, 1.82) is 0 Å². The molecule has 0 bridgehead atoms. The number of nitrogens with one attached hydrogen (secondary N) is 2. The number of fused-ring (bicyclic) bond motifs is 1. The van der Waals surface area contributed by atoms with E-state index in [1.807, 2.05) is 66.9 Å². The Hall–Kier alpha value is -3.48. The maximum Gasteiger partial charge on any atom is 0.247 e. The molecule has 4 aromatic rings. The maximum atomic E-state index is 12.7. The van der Waals surface area contributed by atoms with Crippen LogP contribution in [0.1, 0.15) is 18.8 Å². The quantitative estimate of drug-likeness (QED) is 0.593. The minimum absolute atomic E-state index is 0.114. The van der Waals surface area contributed by atoms with E-state index >= 15 is 0 Å². The predicted octanol–water partition coefficient (Wildman–Crippen LogP) is 3.33. The fourth-order valence-corrected chi connectivity index (χ4v) is 2.87. The minimum atomic E-state index is -0.392. The number of nitrogens with zero attached hydrogens (tertiary/aromatic N) is 4. The van der Waals surface area contributed by atoms with Crippen LogP contribution in [0, 0.1) is 6.92 Å². The summed E-state index contributed by atoms with van der Waals surface area (Å²) in [6.45, 7) is 3.70. The molecule has 0 aliphatic carbocycles. The number of rotatable bonds is 4. The van der Waals surface area contributed by atoms with Gasteiger partial charge in [-0.2, -0.15) is 5.10 Å². The van der Waals surface area contributed by atoms with Crippen molar-refractivity contribution in [2.24, 2.45) is 0 Å². The van der Waals surface area contributed by atoms with Crippen LogP contribution in [0.25, 0.3) is 22.4 Å².